The highest BCUT2D eigenvalue weighted by Crippen LogP contribution is 2.22. The van der Waals surface area contributed by atoms with Crippen molar-refractivity contribution in [3.63, 3.8) is 0 Å². The molecule has 4 nitrogen and oxygen atoms in total. The maximum atomic E-state index is 5.48. The molecule has 24 heavy (non-hydrogen) atoms. The molecule has 0 bridgehead atoms. The Morgan fingerprint density at radius 3 is 2.58 bits per heavy atom. The van der Waals surface area contributed by atoms with Crippen molar-refractivity contribution >= 4 is 11.3 Å². The fourth-order valence-electron chi connectivity index (χ4n) is 2.65. The first-order valence-electron chi connectivity index (χ1n) is 8.22. The monoisotopic (exact) mass is 341 g/mol. The molecule has 0 fully saturated rings. The normalized spacial score (nSPS) is 11.5. The standard InChI is InChI=1S/C19H23N3OS/c1-14(2)10-17-4-5-18(24-17)13-22(3)12-16-11-19(21-23-16)15-6-8-20-9-7-15/h4-9,11,14H,10,12-13H2,1-3H3. The molecule has 0 saturated heterocycles. The summed E-state index contributed by atoms with van der Waals surface area (Å²) in [5.74, 6) is 1.58. The molecule has 0 radical (unpaired) electrons. The van der Waals surface area contributed by atoms with E-state index in [-0.39, 0.29) is 0 Å². The Balaban J connectivity index is 1.58. The van der Waals surface area contributed by atoms with Crippen LogP contribution in [0.4, 0.5) is 0 Å². The average Bonchev–Trinajstić information content (AvgIpc) is 3.17. The van der Waals surface area contributed by atoms with Crippen LogP contribution in [0.3, 0.4) is 0 Å². The van der Waals surface area contributed by atoms with E-state index in [0.717, 1.165) is 36.5 Å². The number of hydrogen-bond donors (Lipinski definition) is 0. The summed E-state index contributed by atoms with van der Waals surface area (Å²) in [7, 11) is 2.11. The molecule has 0 N–H and O–H groups in total. The zero-order chi connectivity index (χ0) is 16.9. The van der Waals surface area contributed by atoms with E-state index in [2.05, 4.69) is 48.1 Å². The quantitative estimate of drug-likeness (QED) is 0.628. The molecule has 0 aliphatic heterocycles. The molecule has 0 aliphatic carbocycles. The summed E-state index contributed by atoms with van der Waals surface area (Å²) >= 11 is 1.91. The minimum absolute atomic E-state index is 0.704. The van der Waals surface area contributed by atoms with Crippen LogP contribution in [-0.2, 0) is 19.5 Å². The second-order valence-corrected chi connectivity index (χ2v) is 7.81. The molecule has 5 heteroatoms. The summed E-state index contributed by atoms with van der Waals surface area (Å²) in [4.78, 5) is 9.14. The number of pyridine rings is 1. The third-order valence-electron chi connectivity index (χ3n) is 3.71. The summed E-state index contributed by atoms with van der Waals surface area (Å²) < 4.78 is 5.48. The first-order valence-corrected chi connectivity index (χ1v) is 9.04. The van der Waals surface area contributed by atoms with Gasteiger partial charge in [-0.1, -0.05) is 19.0 Å². The van der Waals surface area contributed by atoms with Crippen LogP contribution in [0.25, 0.3) is 11.3 Å². The maximum Gasteiger partial charge on any atom is 0.151 e. The third kappa shape index (κ3) is 4.52. The van der Waals surface area contributed by atoms with Crippen LogP contribution in [0, 0.1) is 5.92 Å². The van der Waals surface area contributed by atoms with Gasteiger partial charge in [0.05, 0.1) is 6.54 Å². The van der Waals surface area contributed by atoms with Crippen LogP contribution in [0.5, 0.6) is 0 Å². The zero-order valence-corrected chi connectivity index (χ0v) is 15.2. The lowest BCUT2D eigenvalue weighted by molar-refractivity contribution is 0.268. The van der Waals surface area contributed by atoms with E-state index in [1.54, 1.807) is 12.4 Å². The van der Waals surface area contributed by atoms with Gasteiger partial charge in [0.2, 0.25) is 0 Å². The smallest absolute Gasteiger partial charge is 0.151 e. The Labute approximate surface area is 147 Å². The van der Waals surface area contributed by atoms with Crippen molar-refractivity contribution < 1.29 is 4.52 Å². The van der Waals surface area contributed by atoms with E-state index in [1.165, 1.54) is 9.75 Å². The third-order valence-corrected chi connectivity index (χ3v) is 4.81. The van der Waals surface area contributed by atoms with Crippen molar-refractivity contribution in [1.29, 1.82) is 0 Å². The minimum Gasteiger partial charge on any atom is -0.359 e. The summed E-state index contributed by atoms with van der Waals surface area (Å²) in [5.41, 5.74) is 1.88. The topological polar surface area (TPSA) is 42.2 Å². The van der Waals surface area contributed by atoms with Crippen molar-refractivity contribution in [3.8, 4) is 11.3 Å². The highest BCUT2D eigenvalue weighted by molar-refractivity contribution is 7.11. The van der Waals surface area contributed by atoms with Gasteiger partial charge in [-0.15, -0.1) is 11.3 Å². The van der Waals surface area contributed by atoms with Crippen LogP contribution in [0.1, 0.15) is 29.4 Å². The van der Waals surface area contributed by atoms with Gasteiger partial charge < -0.3 is 4.52 Å². The molecule has 0 spiro atoms. The first-order chi connectivity index (χ1) is 11.6. The van der Waals surface area contributed by atoms with E-state index in [4.69, 9.17) is 4.52 Å². The molecule has 126 valence electrons. The molecule has 0 atom stereocenters. The lowest BCUT2D eigenvalue weighted by atomic mass is 10.1. The predicted molar refractivity (Wildman–Crippen MR) is 97.8 cm³/mol. The van der Waals surface area contributed by atoms with Gasteiger partial charge in [0, 0.05) is 40.3 Å². The Kier molecular flexibility index (Phi) is 5.43. The Bertz CT molecular complexity index is 764. The van der Waals surface area contributed by atoms with Gasteiger partial charge in [0.25, 0.3) is 0 Å². The molecule has 3 heterocycles. The number of rotatable bonds is 7. The molecule has 3 aromatic heterocycles. The van der Waals surface area contributed by atoms with Crippen LogP contribution >= 0.6 is 11.3 Å². The van der Waals surface area contributed by atoms with Crippen molar-refractivity contribution in [2.24, 2.45) is 5.92 Å². The molecule has 0 unspecified atom stereocenters. The fourth-order valence-corrected chi connectivity index (χ4v) is 3.96. The lowest BCUT2D eigenvalue weighted by Crippen LogP contribution is -2.16. The van der Waals surface area contributed by atoms with Crippen LogP contribution in [0.15, 0.2) is 47.2 Å². The van der Waals surface area contributed by atoms with Gasteiger partial charge in [-0.2, -0.15) is 0 Å². The van der Waals surface area contributed by atoms with E-state index < -0.39 is 0 Å². The van der Waals surface area contributed by atoms with Crippen LogP contribution in [-0.4, -0.2) is 22.1 Å². The van der Waals surface area contributed by atoms with Gasteiger partial charge in [-0.3, -0.25) is 9.88 Å². The number of aromatic nitrogens is 2. The molecule has 3 aromatic rings. The molecule has 0 saturated carbocycles. The minimum atomic E-state index is 0.704. The fraction of sp³-hybridized carbons (Fsp3) is 0.368. The molecule has 0 amide bonds. The summed E-state index contributed by atoms with van der Waals surface area (Å²) in [6.45, 7) is 6.19. The largest absolute Gasteiger partial charge is 0.359 e. The van der Waals surface area contributed by atoms with E-state index >= 15 is 0 Å². The molecular formula is C19H23N3OS. The second kappa shape index (κ2) is 7.73. The first kappa shape index (κ1) is 16.9. The Morgan fingerprint density at radius 2 is 1.83 bits per heavy atom. The van der Waals surface area contributed by atoms with Crippen molar-refractivity contribution in [2.45, 2.75) is 33.4 Å². The lowest BCUT2D eigenvalue weighted by Gasteiger charge is -2.13. The van der Waals surface area contributed by atoms with Crippen LogP contribution < -0.4 is 0 Å². The number of hydrogen-bond acceptors (Lipinski definition) is 5. The molecule has 0 aliphatic rings. The van der Waals surface area contributed by atoms with Gasteiger partial charge in [-0.05, 0) is 43.7 Å². The SMILES string of the molecule is CC(C)Cc1ccc(CN(C)Cc2cc(-c3ccncc3)no2)s1. The van der Waals surface area contributed by atoms with Crippen LogP contribution in [0.2, 0.25) is 0 Å². The second-order valence-electron chi connectivity index (χ2n) is 6.55. The summed E-state index contributed by atoms with van der Waals surface area (Å²) in [5, 5.41) is 4.16. The predicted octanol–water partition coefficient (Wildman–Crippen LogP) is 4.63. The van der Waals surface area contributed by atoms with Crippen molar-refractivity contribution in [1.82, 2.24) is 15.0 Å². The molecular weight excluding hydrogens is 318 g/mol. The van der Waals surface area contributed by atoms with Gasteiger partial charge in [0.15, 0.2) is 5.76 Å². The molecule has 3 rings (SSSR count). The van der Waals surface area contributed by atoms with Crippen molar-refractivity contribution in [2.75, 3.05) is 7.05 Å². The van der Waals surface area contributed by atoms with E-state index in [1.807, 2.05) is 29.5 Å². The average molecular weight is 341 g/mol. The van der Waals surface area contributed by atoms with Gasteiger partial charge >= 0.3 is 0 Å². The Hall–Kier alpha value is -1.98. The molecule has 0 aromatic carbocycles. The van der Waals surface area contributed by atoms with Gasteiger partial charge in [-0.25, -0.2) is 0 Å². The maximum absolute atomic E-state index is 5.48. The van der Waals surface area contributed by atoms with Gasteiger partial charge in [0.1, 0.15) is 5.69 Å². The highest BCUT2D eigenvalue weighted by Gasteiger charge is 2.10. The summed E-state index contributed by atoms with van der Waals surface area (Å²) in [6.07, 6.45) is 4.69. The Morgan fingerprint density at radius 1 is 1.08 bits per heavy atom. The summed E-state index contributed by atoms with van der Waals surface area (Å²) in [6, 6.07) is 10.4. The number of nitrogens with zero attached hydrogens (tertiary/aromatic N) is 3. The van der Waals surface area contributed by atoms with E-state index in [9.17, 15) is 0 Å². The highest BCUT2D eigenvalue weighted by atomic mass is 32.1. The van der Waals surface area contributed by atoms with E-state index in [0.29, 0.717) is 5.92 Å². The number of thiophene rings is 1. The van der Waals surface area contributed by atoms with Crippen molar-refractivity contribution in [3.05, 3.63) is 58.2 Å². The zero-order valence-electron chi connectivity index (χ0n) is 14.4.